The van der Waals surface area contributed by atoms with Crippen LogP contribution in [-0.4, -0.2) is 30.0 Å². The molecule has 4 N–H and O–H groups in total. The first-order valence-corrected chi connectivity index (χ1v) is 7.08. The number of H-pyrrole nitrogens is 1. The summed E-state index contributed by atoms with van der Waals surface area (Å²) >= 11 is 0. The van der Waals surface area contributed by atoms with E-state index in [1.54, 1.807) is 6.92 Å². The highest BCUT2D eigenvalue weighted by atomic mass is 16.5. The summed E-state index contributed by atoms with van der Waals surface area (Å²) in [5.74, 6) is -0.125. The molecule has 2 rings (SSSR count). The quantitative estimate of drug-likeness (QED) is 0.709. The van der Waals surface area contributed by atoms with Crippen LogP contribution in [0.4, 0.5) is 5.82 Å². The second-order valence-electron chi connectivity index (χ2n) is 4.85. The summed E-state index contributed by atoms with van der Waals surface area (Å²) in [5, 5.41) is 2.73. The summed E-state index contributed by atoms with van der Waals surface area (Å²) < 4.78 is 5.10. The molecule has 0 spiro atoms. The number of aryl methyl sites for hydroxylation is 1. The molecule has 1 aromatic rings. The standard InChI is InChI=1S/C14H21N3O3/c1-2-20-14(19)12-9-5-3-4-6-10(9)16-13(12)17-11(18)7-8-15/h16H,2-8,15H2,1H3,(H,17,18). The lowest BCUT2D eigenvalue weighted by molar-refractivity contribution is -0.116. The number of rotatable bonds is 5. The van der Waals surface area contributed by atoms with E-state index in [-0.39, 0.29) is 24.8 Å². The molecule has 6 nitrogen and oxygen atoms in total. The molecule has 1 aromatic heterocycles. The van der Waals surface area contributed by atoms with Gasteiger partial charge in [0.15, 0.2) is 0 Å². The Hall–Kier alpha value is -1.82. The number of carbonyl (C=O) groups is 2. The van der Waals surface area contributed by atoms with E-state index in [0.717, 1.165) is 36.9 Å². The van der Waals surface area contributed by atoms with Crippen LogP contribution in [0.2, 0.25) is 0 Å². The van der Waals surface area contributed by atoms with Gasteiger partial charge in [-0.15, -0.1) is 0 Å². The van der Waals surface area contributed by atoms with Gasteiger partial charge in [0.1, 0.15) is 11.4 Å². The maximum absolute atomic E-state index is 12.1. The normalized spacial score (nSPS) is 13.7. The summed E-state index contributed by atoms with van der Waals surface area (Å²) in [6.45, 7) is 2.36. The monoisotopic (exact) mass is 279 g/mol. The van der Waals surface area contributed by atoms with E-state index in [1.165, 1.54) is 0 Å². The molecule has 0 atom stereocenters. The van der Waals surface area contributed by atoms with Crippen LogP contribution in [0.15, 0.2) is 0 Å². The van der Waals surface area contributed by atoms with E-state index in [2.05, 4.69) is 10.3 Å². The van der Waals surface area contributed by atoms with Gasteiger partial charge in [0.25, 0.3) is 0 Å². The molecule has 20 heavy (non-hydrogen) atoms. The number of aromatic nitrogens is 1. The van der Waals surface area contributed by atoms with Gasteiger partial charge in [0.2, 0.25) is 5.91 Å². The highest BCUT2D eigenvalue weighted by molar-refractivity contribution is 6.02. The number of fused-ring (bicyclic) bond motifs is 1. The van der Waals surface area contributed by atoms with Crippen molar-refractivity contribution in [3.8, 4) is 0 Å². The summed E-state index contributed by atoms with van der Waals surface area (Å²) in [7, 11) is 0. The number of ether oxygens (including phenoxy) is 1. The highest BCUT2D eigenvalue weighted by Gasteiger charge is 2.26. The van der Waals surface area contributed by atoms with Gasteiger partial charge >= 0.3 is 5.97 Å². The van der Waals surface area contributed by atoms with Gasteiger partial charge in [-0.2, -0.15) is 0 Å². The number of esters is 1. The molecule has 0 aromatic carbocycles. The number of hydrogen-bond donors (Lipinski definition) is 3. The van der Waals surface area contributed by atoms with Crippen LogP contribution in [0, 0.1) is 0 Å². The zero-order valence-electron chi connectivity index (χ0n) is 11.8. The molecule has 1 heterocycles. The second kappa shape index (κ2) is 6.56. The first kappa shape index (κ1) is 14.6. The molecule has 1 amide bonds. The largest absolute Gasteiger partial charge is 0.462 e. The Labute approximate surface area is 118 Å². The Morgan fingerprint density at radius 3 is 2.80 bits per heavy atom. The Balaban J connectivity index is 2.31. The summed E-state index contributed by atoms with van der Waals surface area (Å²) in [5.41, 5.74) is 7.86. The number of nitrogens with two attached hydrogens (primary N) is 1. The number of nitrogens with one attached hydrogen (secondary N) is 2. The van der Waals surface area contributed by atoms with Gasteiger partial charge in [0.05, 0.1) is 6.61 Å². The third-order valence-electron chi connectivity index (χ3n) is 3.41. The molecule has 0 radical (unpaired) electrons. The predicted octanol–water partition coefficient (Wildman–Crippen LogP) is 1.36. The van der Waals surface area contributed by atoms with E-state index in [9.17, 15) is 9.59 Å². The first-order valence-electron chi connectivity index (χ1n) is 7.08. The molecule has 0 fully saturated rings. The molecule has 0 aliphatic heterocycles. The van der Waals surface area contributed by atoms with Gasteiger partial charge in [-0.3, -0.25) is 4.79 Å². The highest BCUT2D eigenvalue weighted by Crippen LogP contribution is 2.30. The van der Waals surface area contributed by atoms with Crippen LogP contribution in [0.5, 0.6) is 0 Å². The smallest absolute Gasteiger partial charge is 0.342 e. The predicted molar refractivity (Wildman–Crippen MR) is 75.7 cm³/mol. The van der Waals surface area contributed by atoms with Crippen molar-refractivity contribution in [3.05, 3.63) is 16.8 Å². The number of amides is 1. The van der Waals surface area contributed by atoms with Crippen molar-refractivity contribution in [3.63, 3.8) is 0 Å². The van der Waals surface area contributed by atoms with Crippen LogP contribution < -0.4 is 11.1 Å². The van der Waals surface area contributed by atoms with Crippen LogP contribution in [0.25, 0.3) is 0 Å². The van der Waals surface area contributed by atoms with Gasteiger partial charge in [-0.05, 0) is 38.2 Å². The summed E-state index contributed by atoms with van der Waals surface area (Å²) in [6, 6.07) is 0. The number of carbonyl (C=O) groups excluding carboxylic acids is 2. The van der Waals surface area contributed by atoms with E-state index < -0.39 is 0 Å². The minimum Gasteiger partial charge on any atom is -0.462 e. The van der Waals surface area contributed by atoms with Crippen LogP contribution >= 0.6 is 0 Å². The van der Waals surface area contributed by atoms with Crippen molar-refractivity contribution in [2.24, 2.45) is 5.73 Å². The fourth-order valence-corrected chi connectivity index (χ4v) is 2.54. The summed E-state index contributed by atoms with van der Waals surface area (Å²) in [6.07, 6.45) is 4.10. The number of aromatic amines is 1. The first-order chi connectivity index (χ1) is 9.67. The molecule has 1 aliphatic rings. The molecular formula is C14H21N3O3. The fraction of sp³-hybridized carbons (Fsp3) is 0.571. The van der Waals surface area contributed by atoms with Crippen molar-refractivity contribution < 1.29 is 14.3 Å². The zero-order chi connectivity index (χ0) is 14.5. The van der Waals surface area contributed by atoms with E-state index >= 15 is 0 Å². The zero-order valence-corrected chi connectivity index (χ0v) is 11.8. The van der Waals surface area contributed by atoms with Gasteiger partial charge < -0.3 is 20.8 Å². The van der Waals surface area contributed by atoms with Crippen molar-refractivity contribution in [2.75, 3.05) is 18.5 Å². The average Bonchev–Trinajstić information content (AvgIpc) is 2.76. The lowest BCUT2D eigenvalue weighted by Crippen LogP contribution is -2.18. The van der Waals surface area contributed by atoms with E-state index in [4.69, 9.17) is 10.5 Å². The Morgan fingerprint density at radius 2 is 2.10 bits per heavy atom. The molecule has 110 valence electrons. The van der Waals surface area contributed by atoms with Crippen LogP contribution in [0.3, 0.4) is 0 Å². The molecule has 1 aliphatic carbocycles. The minimum absolute atomic E-state index is 0.198. The Bertz CT molecular complexity index is 508. The van der Waals surface area contributed by atoms with Crippen LogP contribution in [0.1, 0.15) is 47.8 Å². The third kappa shape index (κ3) is 3.01. The van der Waals surface area contributed by atoms with Crippen molar-refractivity contribution in [1.29, 1.82) is 0 Å². The molecule has 0 unspecified atom stereocenters. The molecule has 0 saturated heterocycles. The van der Waals surface area contributed by atoms with Gasteiger partial charge in [0, 0.05) is 18.7 Å². The second-order valence-corrected chi connectivity index (χ2v) is 4.85. The van der Waals surface area contributed by atoms with Crippen LogP contribution in [-0.2, 0) is 22.4 Å². The Morgan fingerprint density at radius 1 is 1.35 bits per heavy atom. The molecule has 0 bridgehead atoms. The minimum atomic E-state index is -0.380. The van der Waals surface area contributed by atoms with E-state index in [0.29, 0.717) is 18.0 Å². The maximum atomic E-state index is 12.1. The molecule has 6 heteroatoms. The topological polar surface area (TPSA) is 97.2 Å². The molecule has 0 saturated carbocycles. The average molecular weight is 279 g/mol. The number of anilines is 1. The fourth-order valence-electron chi connectivity index (χ4n) is 2.54. The maximum Gasteiger partial charge on any atom is 0.342 e. The van der Waals surface area contributed by atoms with Gasteiger partial charge in [-0.1, -0.05) is 0 Å². The Kier molecular flexibility index (Phi) is 4.79. The van der Waals surface area contributed by atoms with Crippen molar-refractivity contribution in [2.45, 2.75) is 39.0 Å². The molecular weight excluding hydrogens is 258 g/mol. The van der Waals surface area contributed by atoms with Crippen molar-refractivity contribution >= 4 is 17.7 Å². The number of hydrogen-bond acceptors (Lipinski definition) is 4. The SMILES string of the molecule is CCOC(=O)c1c(NC(=O)CCN)[nH]c2c1CCCC2. The van der Waals surface area contributed by atoms with E-state index in [1.807, 2.05) is 0 Å². The third-order valence-corrected chi connectivity index (χ3v) is 3.41. The van der Waals surface area contributed by atoms with Gasteiger partial charge in [-0.25, -0.2) is 4.79 Å². The van der Waals surface area contributed by atoms with Crippen molar-refractivity contribution in [1.82, 2.24) is 4.98 Å². The lowest BCUT2D eigenvalue weighted by atomic mass is 9.95. The summed E-state index contributed by atoms with van der Waals surface area (Å²) in [4.78, 5) is 27.0. The lowest BCUT2D eigenvalue weighted by Gasteiger charge is -2.12.